The molecule has 0 aliphatic carbocycles. The maximum atomic E-state index is 12.7. The molecule has 2 aromatic carbocycles. The second-order valence-corrected chi connectivity index (χ2v) is 5.61. The number of methoxy groups -OCH3 is 1. The van der Waals surface area contributed by atoms with E-state index < -0.39 is 12.1 Å². The van der Waals surface area contributed by atoms with E-state index in [1.807, 2.05) is 60.7 Å². The Hall–Kier alpha value is -2.66. The number of carbonyl (C=O) groups is 2. The van der Waals surface area contributed by atoms with Gasteiger partial charge in [-0.2, -0.15) is 0 Å². The lowest BCUT2D eigenvalue weighted by Crippen LogP contribution is -2.42. The molecule has 0 radical (unpaired) electrons. The molecule has 2 rings (SSSR count). The number of likely N-dealkylation sites (N-methyl/N-ethyl adjacent to an activating group) is 1. The molecule has 0 fully saturated rings. The molecule has 5 nitrogen and oxygen atoms in total. The zero-order valence-corrected chi connectivity index (χ0v) is 14.1. The largest absolute Gasteiger partial charge is 0.367 e. The third kappa shape index (κ3) is 4.20. The van der Waals surface area contributed by atoms with Crippen molar-refractivity contribution < 1.29 is 14.3 Å². The highest BCUT2D eigenvalue weighted by atomic mass is 16.5. The Morgan fingerprint density at radius 1 is 0.917 bits per heavy atom. The Morgan fingerprint density at radius 2 is 1.42 bits per heavy atom. The molecule has 0 saturated heterocycles. The number of amides is 2. The van der Waals surface area contributed by atoms with Crippen molar-refractivity contribution in [2.24, 2.45) is 0 Å². The molecule has 0 aromatic heterocycles. The van der Waals surface area contributed by atoms with Crippen LogP contribution in [0.5, 0.6) is 0 Å². The maximum Gasteiger partial charge on any atom is 0.254 e. The molecule has 2 atom stereocenters. The Morgan fingerprint density at radius 3 is 1.88 bits per heavy atom. The number of hydrogen-bond acceptors (Lipinski definition) is 3. The molecule has 2 aromatic rings. The van der Waals surface area contributed by atoms with Crippen LogP contribution in [0.25, 0.3) is 0 Å². The van der Waals surface area contributed by atoms with Gasteiger partial charge in [0, 0.05) is 21.2 Å². The first-order chi connectivity index (χ1) is 11.5. The quantitative estimate of drug-likeness (QED) is 0.886. The number of carbonyl (C=O) groups excluding carboxylic acids is 2. The van der Waals surface area contributed by atoms with E-state index in [0.717, 1.165) is 11.1 Å². The molecule has 0 aliphatic rings. The first-order valence-corrected chi connectivity index (χ1v) is 7.68. The molecule has 0 bridgehead atoms. The highest BCUT2D eigenvalue weighted by Crippen LogP contribution is 2.20. The molecule has 126 valence electrons. The van der Waals surface area contributed by atoms with E-state index in [2.05, 4.69) is 5.32 Å². The van der Waals surface area contributed by atoms with Crippen LogP contribution in [0.4, 0.5) is 0 Å². The SMILES string of the molecule is COC(C(=O)NC(C(=O)N(C)C)c1ccccc1)c1ccccc1. The summed E-state index contributed by atoms with van der Waals surface area (Å²) in [5, 5.41) is 2.81. The summed E-state index contributed by atoms with van der Waals surface area (Å²) in [5.41, 5.74) is 1.47. The highest BCUT2D eigenvalue weighted by Gasteiger charge is 2.28. The molecular formula is C19H22N2O3. The summed E-state index contributed by atoms with van der Waals surface area (Å²) >= 11 is 0. The van der Waals surface area contributed by atoms with E-state index in [1.54, 1.807) is 14.1 Å². The normalized spacial score (nSPS) is 13.0. The van der Waals surface area contributed by atoms with Gasteiger partial charge in [0.25, 0.3) is 5.91 Å². The van der Waals surface area contributed by atoms with E-state index in [-0.39, 0.29) is 11.8 Å². The van der Waals surface area contributed by atoms with Crippen LogP contribution < -0.4 is 5.32 Å². The minimum absolute atomic E-state index is 0.197. The van der Waals surface area contributed by atoms with Crippen molar-refractivity contribution in [2.75, 3.05) is 21.2 Å². The third-order valence-electron chi connectivity index (χ3n) is 3.68. The Labute approximate surface area is 142 Å². The number of hydrogen-bond donors (Lipinski definition) is 1. The molecule has 1 N–H and O–H groups in total. The van der Waals surface area contributed by atoms with E-state index in [4.69, 9.17) is 4.74 Å². The summed E-state index contributed by atoms with van der Waals surface area (Å²) in [6.45, 7) is 0. The standard InChI is InChI=1S/C19H22N2O3/c1-21(2)19(23)16(14-10-6-4-7-11-14)20-18(22)17(24-3)15-12-8-5-9-13-15/h4-13,16-17H,1-3H3,(H,20,22). The predicted molar refractivity (Wildman–Crippen MR) is 92.2 cm³/mol. The van der Waals surface area contributed by atoms with Gasteiger partial charge in [0.2, 0.25) is 5.91 Å². The second-order valence-electron chi connectivity index (χ2n) is 5.61. The van der Waals surface area contributed by atoms with Crippen molar-refractivity contribution in [3.63, 3.8) is 0 Å². The fraction of sp³-hybridized carbons (Fsp3) is 0.263. The first-order valence-electron chi connectivity index (χ1n) is 7.68. The van der Waals surface area contributed by atoms with Crippen LogP contribution in [0.1, 0.15) is 23.3 Å². The van der Waals surface area contributed by atoms with E-state index in [1.165, 1.54) is 12.0 Å². The third-order valence-corrected chi connectivity index (χ3v) is 3.68. The lowest BCUT2D eigenvalue weighted by Gasteiger charge is -2.24. The van der Waals surface area contributed by atoms with Gasteiger partial charge in [0.05, 0.1) is 0 Å². The topological polar surface area (TPSA) is 58.6 Å². The van der Waals surface area contributed by atoms with Crippen LogP contribution in [0.15, 0.2) is 60.7 Å². The molecule has 0 heterocycles. The molecule has 24 heavy (non-hydrogen) atoms. The highest BCUT2D eigenvalue weighted by molar-refractivity contribution is 5.90. The van der Waals surface area contributed by atoms with Crippen LogP contribution in [0.2, 0.25) is 0 Å². The molecule has 0 spiro atoms. The van der Waals surface area contributed by atoms with Crippen molar-refractivity contribution in [1.82, 2.24) is 10.2 Å². The zero-order valence-electron chi connectivity index (χ0n) is 14.1. The summed E-state index contributed by atoms with van der Waals surface area (Å²) in [6, 6.07) is 17.6. The zero-order chi connectivity index (χ0) is 17.5. The monoisotopic (exact) mass is 326 g/mol. The van der Waals surface area contributed by atoms with Crippen molar-refractivity contribution in [1.29, 1.82) is 0 Å². The maximum absolute atomic E-state index is 12.7. The number of nitrogens with zero attached hydrogens (tertiary/aromatic N) is 1. The number of rotatable bonds is 6. The van der Waals surface area contributed by atoms with E-state index in [0.29, 0.717) is 0 Å². The Bertz CT molecular complexity index is 672. The number of ether oxygens (including phenoxy) is 1. The van der Waals surface area contributed by atoms with Gasteiger partial charge in [-0.1, -0.05) is 60.7 Å². The average Bonchev–Trinajstić information content (AvgIpc) is 2.61. The van der Waals surface area contributed by atoms with Crippen molar-refractivity contribution in [3.8, 4) is 0 Å². The van der Waals surface area contributed by atoms with Gasteiger partial charge in [-0.15, -0.1) is 0 Å². The number of benzene rings is 2. The van der Waals surface area contributed by atoms with Crippen LogP contribution in [-0.4, -0.2) is 37.9 Å². The summed E-state index contributed by atoms with van der Waals surface area (Å²) in [4.78, 5) is 26.6. The fourth-order valence-corrected chi connectivity index (χ4v) is 2.43. The fourth-order valence-electron chi connectivity index (χ4n) is 2.43. The average molecular weight is 326 g/mol. The smallest absolute Gasteiger partial charge is 0.254 e. The van der Waals surface area contributed by atoms with Crippen molar-refractivity contribution >= 4 is 11.8 Å². The van der Waals surface area contributed by atoms with Gasteiger partial charge in [-0.05, 0) is 11.1 Å². The summed E-state index contributed by atoms with van der Waals surface area (Å²) < 4.78 is 5.34. The van der Waals surface area contributed by atoms with Crippen LogP contribution in [0.3, 0.4) is 0 Å². The molecule has 2 unspecified atom stereocenters. The Kier molecular flexibility index (Phi) is 6.09. The lowest BCUT2D eigenvalue weighted by atomic mass is 10.0. The van der Waals surface area contributed by atoms with E-state index >= 15 is 0 Å². The summed E-state index contributed by atoms with van der Waals surface area (Å²) in [6.07, 6.45) is -0.771. The van der Waals surface area contributed by atoms with Gasteiger partial charge in [0.1, 0.15) is 6.04 Å². The van der Waals surface area contributed by atoms with E-state index in [9.17, 15) is 9.59 Å². The lowest BCUT2D eigenvalue weighted by molar-refractivity contribution is -0.138. The minimum atomic E-state index is -0.771. The molecule has 5 heteroatoms. The molecule has 2 amide bonds. The molecule has 0 saturated carbocycles. The van der Waals surface area contributed by atoms with Gasteiger partial charge >= 0.3 is 0 Å². The summed E-state index contributed by atoms with van der Waals surface area (Å²) in [5.74, 6) is -0.551. The molecule has 0 aliphatic heterocycles. The predicted octanol–water partition coefficient (Wildman–Crippen LogP) is 2.32. The second kappa shape index (κ2) is 8.26. The van der Waals surface area contributed by atoms with Crippen LogP contribution >= 0.6 is 0 Å². The number of nitrogens with one attached hydrogen (secondary N) is 1. The van der Waals surface area contributed by atoms with Gasteiger partial charge in [0.15, 0.2) is 6.10 Å². The summed E-state index contributed by atoms with van der Waals surface area (Å²) in [7, 11) is 4.80. The van der Waals surface area contributed by atoms with Crippen LogP contribution in [-0.2, 0) is 14.3 Å². The van der Waals surface area contributed by atoms with Gasteiger partial charge < -0.3 is 15.0 Å². The van der Waals surface area contributed by atoms with Crippen molar-refractivity contribution in [2.45, 2.75) is 12.1 Å². The van der Waals surface area contributed by atoms with Crippen molar-refractivity contribution in [3.05, 3.63) is 71.8 Å². The first kappa shape index (κ1) is 17.7. The van der Waals surface area contributed by atoms with Gasteiger partial charge in [-0.3, -0.25) is 9.59 Å². The van der Waals surface area contributed by atoms with Gasteiger partial charge in [-0.25, -0.2) is 0 Å². The minimum Gasteiger partial charge on any atom is -0.367 e. The molecular weight excluding hydrogens is 304 g/mol. The Balaban J connectivity index is 2.25. The van der Waals surface area contributed by atoms with Crippen LogP contribution in [0, 0.1) is 0 Å².